The van der Waals surface area contributed by atoms with Crippen LogP contribution in [-0.2, 0) is 21.4 Å². The highest BCUT2D eigenvalue weighted by Gasteiger charge is 2.69. The maximum absolute atomic E-state index is 12.2. The van der Waals surface area contributed by atoms with Crippen molar-refractivity contribution in [3.63, 3.8) is 0 Å². The second kappa shape index (κ2) is 6.24. The van der Waals surface area contributed by atoms with Crippen LogP contribution in [-0.4, -0.2) is 42.9 Å². The number of nitrogens with one attached hydrogen (secondary N) is 1. The molecule has 2 bridgehead atoms. The van der Waals surface area contributed by atoms with E-state index in [2.05, 4.69) is 37.4 Å². The van der Waals surface area contributed by atoms with Crippen molar-refractivity contribution in [2.75, 3.05) is 13.6 Å². The lowest BCUT2D eigenvalue weighted by Gasteiger charge is -2.58. The number of phenols is 1. The third kappa shape index (κ3) is 2.24. The van der Waals surface area contributed by atoms with Gasteiger partial charge in [0.1, 0.15) is 12.2 Å². The molecule has 2 fully saturated rings. The van der Waals surface area contributed by atoms with Crippen LogP contribution < -0.4 is 9.64 Å². The SMILES string of the molecule is CC(=O)O[C@H]1[C@@H](c2ccccc2)C[C@H]2[C@H]3Cc4ccc(O)c5c4[C@@]2(CC[NH+]3C)[C@H]1O5. The number of rotatable bonds is 2. The standard InChI is InChI=1S/C25H27NO4/c1-14(27)29-22-17(15-6-4-3-5-7-15)13-18-19-12-16-8-9-20(28)23-21(16)25(18,24(22)30-23)10-11-26(19)2/h3-9,17-19,22,24,28H,10-13H2,1-2H3/p+1/t17-,18+,19-,22+,24+,25+/m1/s1. The van der Waals surface area contributed by atoms with Crippen molar-refractivity contribution < 1.29 is 24.3 Å². The van der Waals surface area contributed by atoms with E-state index >= 15 is 0 Å². The minimum atomic E-state index is -0.363. The number of hydrogen-bond acceptors (Lipinski definition) is 4. The second-order valence-electron chi connectivity index (χ2n) is 9.62. The Morgan fingerprint density at radius 2 is 2.03 bits per heavy atom. The van der Waals surface area contributed by atoms with Crippen LogP contribution >= 0.6 is 0 Å². The molecule has 0 amide bonds. The first kappa shape index (κ1) is 18.3. The van der Waals surface area contributed by atoms with Gasteiger partial charge in [-0.2, -0.15) is 0 Å². The highest BCUT2D eigenvalue weighted by molar-refractivity contribution is 5.67. The lowest BCUT2D eigenvalue weighted by atomic mass is 9.49. The smallest absolute Gasteiger partial charge is 0.303 e. The van der Waals surface area contributed by atoms with Gasteiger partial charge in [-0.25, -0.2) is 0 Å². The van der Waals surface area contributed by atoms with E-state index in [0.717, 1.165) is 25.8 Å². The summed E-state index contributed by atoms with van der Waals surface area (Å²) in [7, 11) is 2.31. The van der Waals surface area contributed by atoms with Gasteiger partial charge < -0.3 is 19.5 Å². The number of likely N-dealkylation sites (tertiary alicyclic amines) is 1. The fourth-order valence-electron chi connectivity index (χ4n) is 7.20. The van der Waals surface area contributed by atoms with Crippen LogP contribution in [0.2, 0.25) is 0 Å². The Labute approximate surface area is 176 Å². The molecular weight excluding hydrogens is 378 g/mol. The molecule has 0 aromatic heterocycles. The molecule has 0 radical (unpaired) electrons. The third-order valence-corrected chi connectivity index (χ3v) is 8.33. The predicted octanol–water partition coefficient (Wildman–Crippen LogP) is 1.97. The van der Waals surface area contributed by atoms with Gasteiger partial charge >= 0.3 is 5.97 Å². The number of carbonyl (C=O) groups is 1. The highest BCUT2D eigenvalue weighted by Crippen LogP contribution is 2.64. The number of piperidine rings is 1. The quantitative estimate of drug-likeness (QED) is 0.749. The molecular formula is C25H28NO4+. The highest BCUT2D eigenvalue weighted by atomic mass is 16.6. The summed E-state index contributed by atoms with van der Waals surface area (Å²) in [6.45, 7) is 2.55. The number of likely N-dealkylation sites (N-methyl/N-ethyl adjacent to an activating group) is 1. The lowest BCUT2D eigenvalue weighted by molar-refractivity contribution is -0.919. The fourth-order valence-corrected chi connectivity index (χ4v) is 7.20. The zero-order valence-electron chi connectivity index (χ0n) is 17.4. The molecule has 5 heteroatoms. The van der Waals surface area contributed by atoms with Crippen molar-refractivity contribution in [3.8, 4) is 11.5 Å². The van der Waals surface area contributed by atoms with Crippen molar-refractivity contribution in [1.82, 2.24) is 0 Å². The summed E-state index contributed by atoms with van der Waals surface area (Å²) in [4.78, 5) is 13.7. The van der Waals surface area contributed by atoms with Gasteiger partial charge in [0.2, 0.25) is 0 Å². The van der Waals surface area contributed by atoms with E-state index in [1.165, 1.54) is 23.6 Å². The van der Waals surface area contributed by atoms with E-state index in [-0.39, 0.29) is 35.3 Å². The summed E-state index contributed by atoms with van der Waals surface area (Å²) in [5, 5.41) is 10.7. The lowest BCUT2D eigenvalue weighted by Crippen LogP contribution is -3.16. The predicted molar refractivity (Wildman–Crippen MR) is 111 cm³/mol. The van der Waals surface area contributed by atoms with E-state index < -0.39 is 0 Å². The molecule has 4 aliphatic rings. The van der Waals surface area contributed by atoms with Gasteiger partial charge in [0.15, 0.2) is 11.5 Å². The molecule has 1 saturated heterocycles. The Morgan fingerprint density at radius 1 is 1.23 bits per heavy atom. The van der Waals surface area contributed by atoms with Crippen molar-refractivity contribution >= 4 is 5.97 Å². The summed E-state index contributed by atoms with van der Waals surface area (Å²) < 4.78 is 12.6. The summed E-state index contributed by atoms with van der Waals surface area (Å²) in [5.41, 5.74) is 3.51. The van der Waals surface area contributed by atoms with Crippen molar-refractivity contribution in [2.24, 2.45) is 5.92 Å². The number of hydrogen-bond donors (Lipinski definition) is 2. The number of ether oxygens (including phenoxy) is 2. The van der Waals surface area contributed by atoms with Gasteiger partial charge in [0.25, 0.3) is 0 Å². The molecule has 2 aliphatic heterocycles. The number of phenolic OH excluding ortho intramolecular Hbond substituents is 1. The number of benzene rings is 2. The average Bonchev–Trinajstić information content (AvgIpc) is 3.09. The molecule has 5 nitrogen and oxygen atoms in total. The molecule has 1 saturated carbocycles. The molecule has 2 heterocycles. The van der Waals surface area contributed by atoms with Gasteiger partial charge in [-0.3, -0.25) is 4.79 Å². The first-order valence-corrected chi connectivity index (χ1v) is 11.1. The van der Waals surface area contributed by atoms with Crippen LogP contribution in [0, 0.1) is 5.92 Å². The molecule has 156 valence electrons. The van der Waals surface area contributed by atoms with E-state index in [4.69, 9.17) is 9.47 Å². The summed E-state index contributed by atoms with van der Waals surface area (Å²) in [5.74, 6) is 1.09. The largest absolute Gasteiger partial charge is 0.504 e. The Bertz CT molecular complexity index is 1020. The Kier molecular flexibility index (Phi) is 3.80. The first-order valence-electron chi connectivity index (χ1n) is 11.1. The third-order valence-electron chi connectivity index (χ3n) is 8.33. The molecule has 6 rings (SSSR count). The van der Waals surface area contributed by atoms with Crippen molar-refractivity contribution in [1.29, 1.82) is 0 Å². The van der Waals surface area contributed by atoms with Gasteiger partial charge in [-0.1, -0.05) is 36.4 Å². The van der Waals surface area contributed by atoms with Crippen LogP contribution in [0.3, 0.4) is 0 Å². The number of aromatic hydroxyl groups is 1. The molecule has 2 aliphatic carbocycles. The van der Waals surface area contributed by atoms with Gasteiger partial charge in [0.05, 0.1) is 25.0 Å². The molecule has 1 spiro atoms. The summed E-state index contributed by atoms with van der Waals surface area (Å²) in [6, 6.07) is 14.8. The van der Waals surface area contributed by atoms with Crippen molar-refractivity contribution in [2.45, 2.75) is 55.8 Å². The maximum Gasteiger partial charge on any atom is 0.303 e. The zero-order chi connectivity index (χ0) is 20.6. The van der Waals surface area contributed by atoms with Crippen LogP contribution in [0.15, 0.2) is 42.5 Å². The summed E-state index contributed by atoms with van der Waals surface area (Å²) >= 11 is 0. The second-order valence-corrected chi connectivity index (χ2v) is 9.62. The first-order chi connectivity index (χ1) is 14.5. The van der Waals surface area contributed by atoms with E-state index in [0.29, 0.717) is 17.7 Å². The van der Waals surface area contributed by atoms with Gasteiger partial charge in [-0.15, -0.1) is 0 Å². The monoisotopic (exact) mass is 406 g/mol. The number of quaternary nitrogens is 1. The zero-order valence-corrected chi connectivity index (χ0v) is 17.4. The number of carbonyl (C=O) groups excluding carboxylic acids is 1. The van der Waals surface area contributed by atoms with Crippen molar-refractivity contribution in [3.05, 3.63) is 59.2 Å². The normalized spacial score (nSPS) is 37.8. The van der Waals surface area contributed by atoms with Crippen LogP contribution in [0.1, 0.15) is 42.4 Å². The van der Waals surface area contributed by atoms with E-state index in [9.17, 15) is 9.90 Å². The van der Waals surface area contributed by atoms with Crippen LogP contribution in [0.25, 0.3) is 0 Å². The molecule has 2 N–H and O–H groups in total. The molecule has 7 atom stereocenters. The number of esters is 1. The Hall–Kier alpha value is -2.53. The van der Waals surface area contributed by atoms with E-state index in [1.54, 1.807) is 11.0 Å². The minimum Gasteiger partial charge on any atom is -0.504 e. The maximum atomic E-state index is 12.2. The Morgan fingerprint density at radius 3 is 2.80 bits per heavy atom. The molecule has 2 aromatic rings. The molecule has 2 aromatic carbocycles. The fraction of sp³-hybridized carbons (Fsp3) is 0.480. The molecule has 1 unspecified atom stereocenters. The average molecular weight is 407 g/mol. The van der Waals surface area contributed by atoms with Gasteiger partial charge in [0, 0.05) is 37.2 Å². The van der Waals surface area contributed by atoms with E-state index in [1.807, 2.05) is 6.07 Å². The van der Waals surface area contributed by atoms with Crippen LogP contribution in [0.5, 0.6) is 11.5 Å². The van der Waals surface area contributed by atoms with Gasteiger partial charge in [-0.05, 0) is 23.6 Å². The van der Waals surface area contributed by atoms with Crippen LogP contribution in [0.4, 0.5) is 0 Å². The topological polar surface area (TPSA) is 60.2 Å². The summed E-state index contributed by atoms with van der Waals surface area (Å²) in [6.07, 6.45) is 2.35. The Balaban J connectivity index is 1.57. The minimum absolute atomic E-state index is 0.0876. The molecule has 30 heavy (non-hydrogen) atoms.